The second kappa shape index (κ2) is 9.06. The molecule has 1 N–H and O–H groups in total. The van der Waals surface area contributed by atoms with E-state index < -0.39 is 39.2 Å². The summed E-state index contributed by atoms with van der Waals surface area (Å²) in [6.45, 7) is 0. The fourth-order valence-electron chi connectivity index (χ4n) is 2.87. The second-order valence-corrected chi connectivity index (χ2v) is 8.50. The molecule has 1 aromatic heterocycles. The summed E-state index contributed by atoms with van der Waals surface area (Å²) >= 11 is 0. The van der Waals surface area contributed by atoms with Crippen molar-refractivity contribution in [2.75, 3.05) is 13.4 Å². The summed E-state index contributed by atoms with van der Waals surface area (Å²) in [6, 6.07) is 8.48. The van der Waals surface area contributed by atoms with E-state index in [0.29, 0.717) is 12.1 Å². The number of benzene rings is 2. The van der Waals surface area contributed by atoms with Crippen LogP contribution in [-0.4, -0.2) is 32.7 Å². The van der Waals surface area contributed by atoms with E-state index in [1.54, 1.807) is 6.07 Å². The number of rotatable bonds is 6. The number of nitrogens with zero attached hydrogens (tertiary/aromatic N) is 1. The number of hydrogen-bond donors (Lipinski definition) is 1. The van der Waals surface area contributed by atoms with E-state index in [1.807, 2.05) is 4.72 Å². The molecule has 174 valence electrons. The highest BCUT2D eigenvalue weighted by Gasteiger charge is 2.32. The maximum absolute atomic E-state index is 13.8. The summed E-state index contributed by atoms with van der Waals surface area (Å²) in [5, 5.41) is 0. The third-order valence-corrected chi connectivity index (χ3v) is 4.76. The molecule has 2 aromatic carbocycles. The van der Waals surface area contributed by atoms with Crippen LogP contribution in [0.2, 0.25) is 0 Å². The van der Waals surface area contributed by atoms with Crippen LogP contribution in [-0.2, 0) is 16.2 Å². The van der Waals surface area contributed by atoms with Crippen molar-refractivity contribution in [1.29, 1.82) is 0 Å². The first-order valence-corrected chi connectivity index (χ1v) is 11.0. The Bertz CT molecular complexity index is 1310. The van der Waals surface area contributed by atoms with Crippen LogP contribution in [0.15, 0.2) is 54.7 Å². The molecule has 0 bridgehead atoms. The van der Waals surface area contributed by atoms with Gasteiger partial charge < -0.3 is 9.47 Å². The molecule has 0 radical (unpaired) electrons. The molecule has 0 aliphatic rings. The summed E-state index contributed by atoms with van der Waals surface area (Å²) in [6.07, 6.45) is -2.58. The maximum atomic E-state index is 13.8. The Morgan fingerprint density at radius 3 is 2.42 bits per heavy atom. The SMILES string of the molecule is COc1ncccc1-c1cc(C(=O)NS(C)(=O)=O)ccc1Oc1cc(F)cc(C(F)(F)F)c1. The van der Waals surface area contributed by atoms with Crippen molar-refractivity contribution in [2.24, 2.45) is 0 Å². The number of carbonyl (C=O) groups is 1. The predicted molar refractivity (Wildman–Crippen MR) is 110 cm³/mol. The van der Waals surface area contributed by atoms with Gasteiger partial charge in [-0.3, -0.25) is 4.79 Å². The topological polar surface area (TPSA) is 94.6 Å². The van der Waals surface area contributed by atoms with Crippen molar-refractivity contribution in [2.45, 2.75) is 6.18 Å². The maximum Gasteiger partial charge on any atom is 0.416 e. The molecule has 0 fully saturated rings. The van der Waals surface area contributed by atoms with Gasteiger partial charge in [-0.1, -0.05) is 0 Å². The molecule has 0 aliphatic heterocycles. The number of halogens is 4. The molecular formula is C21H16F4N2O5S. The highest BCUT2D eigenvalue weighted by atomic mass is 32.2. The van der Waals surface area contributed by atoms with Gasteiger partial charge in [0.1, 0.15) is 17.3 Å². The molecule has 0 atom stereocenters. The number of amides is 1. The molecule has 1 heterocycles. The molecule has 33 heavy (non-hydrogen) atoms. The summed E-state index contributed by atoms with van der Waals surface area (Å²) < 4.78 is 88.4. The lowest BCUT2D eigenvalue weighted by molar-refractivity contribution is -0.137. The first-order valence-electron chi connectivity index (χ1n) is 9.08. The van der Waals surface area contributed by atoms with E-state index in [9.17, 15) is 30.8 Å². The lowest BCUT2D eigenvalue weighted by Gasteiger charge is -2.16. The van der Waals surface area contributed by atoms with Crippen molar-refractivity contribution in [3.05, 3.63) is 71.7 Å². The number of nitrogens with one attached hydrogen (secondary N) is 1. The number of pyridine rings is 1. The van der Waals surface area contributed by atoms with Gasteiger partial charge in [0, 0.05) is 29.0 Å². The minimum absolute atomic E-state index is 0.0593. The standard InChI is InChI=1S/C21H16F4N2O5S/c1-31-20-16(4-3-7-26-20)17-8-12(19(28)27-33(2,29)30)5-6-18(17)32-15-10-13(21(23,24)25)9-14(22)11-15/h3-11H,1-2H3,(H,27,28). The number of hydrogen-bond acceptors (Lipinski definition) is 6. The van der Waals surface area contributed by atoms with E-state index in [4.69, 9.17) is 9.47 Å². The van der Waals surface area contributed by atoms with Crippen molar-refractivity contribution >= 4 is 15.9 Å². The molecule has 3 rings (SSSR count). The lowest BCUT2D eigenvalue weighted by Crippen LogP contribution is -2.29. The molecule has 1 amide bonds. The van der Waals surface area contributed by atoms with Crippen molar-refractivity contribution in [3.8, 4) is 28.5 Å². The van der Waals surface area contributed by atoms with Gasteiger partial charge in [0.05, 0.1) is 18.9 Å². The number of methoxy groups -OCH3 is 1. The zero-order chi connectivity index (χ0) is 24.4. The summed E-state index contributed by atoms with van der Waals surface area (Å²) in [5.74, 6) is -2.52. The monoisotopic (exact) mass is 484 g/mol. The average molecular weight is 484 g/mol. The highest BCUT2D eigenvalue weighted by Crippen LogP contribution is 2.39. The van der Waals surface area contributed by atoms with Crippen LogP contribution in [0.1, 0.15) is 15.9 Å². The van der Waals surface area contributed by atoms with E-state index >= 15 is 0 Å². The van der Waals surface area contributed by atoms with E-state index in [-0.39, 0.29) is 28.3 Å². The smallest absolute Gasteiger partial charge is 0.416 e. The molecule has 0 saturated heterocycles. The number of carbonyl (C=O) groups excluding carboxylic acids is 1. The van der Waals surface area contributed by atoms with Gasteiger partial charge in [-0.25, -0.2) is 22.5 Å². The molecule has 0 aliphatic carbocycles. The molecule has 7 nitrogen and oxygen atoms in total. The second-order valence-electron chi connectivity index (χ2n) is 6.75. The van der Waals surface area contributed by atoms with Crippen molar-refractivity contribution < 1.29 is 40.2 Å². The van der Waals surface area contributed by atoms with Gasteiger partial charge >= 0.3 is 6.18 Å². The summed E-state index contributed by atoms with van der Waals surface area (Å²) in [4.78, 5) is 16.3. The summed E-state index contributed by atoms with van der Waals surface area (Å²) in [7, 11) is -2.53. The van der Waals surface area contributed by atoms with E-state index in [0.717, 1.165) is 12.3 Å². The van der Waals surface area contributed by atoms with Crippen LogP contribution < -0.4 is 14.2 Å². The van der Waals surface area contributed by atoms with Crippen LogP contribution in [0.4, 0.5) is 17.6 Å². The van der Waals surface area contributed by atoms with E-state index in [2.05, 4.69) is 4.98 Å². The van der Waals surface area contributed by atoms with Crippen molar-refractivity contribution in [1.82, 2.24) is 9.71 Å². The fraction of sp³-hybridized carbons (Fsp3) is 0.143. The zero-order valence-electron chi connectivity index (χ0n) is 17.1. The molecule has 0 saturated carbocycles. The van der Waals surface area contributed by atoms with Crippen LogP contribution in [0.3, 0.4) is 0 Å². The van der Waals surface area contributed by atoms with Crippen LogP contribution >= 0.6 is 0 Å². The van der Waals surface area contributed by atoms with E-state index in [1.165, 1.54) is 37.6 Å². The van der Waals surface area contributed by atoms with Crippen LogP contribution in [0, 0.1) is 5.82 Å². The number of aromatic nitrogens is 1. The molecule has 3 aromatic rings. The largest absolute Gasteiger partial charge is 0.481 e. The van der Waals surface area contributed by atoms with Crippen molar-refractivity contribution in [3.63, 3.8) is 0 Å². The minimum Gasteiger partial charge on any atom is -0.481 e. The first-order chi connectivity index (χ1) is 15.4. The Kier molecular flexibility index (Phi) is 6.58. The average Bonchev–Trinajstić information content (AvgIpc) is 2.71. The minimum atomic E-state index is -4.80. The van der Waals surface area contributed by atoms with Gasteiger partial charge in [-0.2, -0.15) is 13.2 Å². The van der Waals surface area contributed by atoms with Gasteiger partial charge in [0.2, 0.25) is 15.9 Å². The summed E-state index contributed by atoms with van der Waals surface area (Å²) in [5.41, 5.74) is -0.915. The third-order valence-electron chi connectivity index (χ3n) is 4.20. The molecular weight excluding hydrogens is 468 g/mol. The van der Waals surface area contributed by atoms with Gasteiger partial charge in [0.15, 0.2) is 0 Å². The Morgan fingerprint density at radius 1 is 1.06 bits per heavy atom. The predicted octanol–water partition coefficient (Wildman–Crippen LogP) is 4.40. The third kappa shape index (κ3) is 5.98. The van der Waals surface area contributed by atoms with Gasteiger partial charge in [0.25, 0.3) is 5.91 Å². The van der Waals surface area contributed by atoms with Gasteiger partial charge in [-0.05, 0) is 42.5 Å². The normalized spacial score (nSPS) is 11.7. The molecule has 12 heteroatoms. The fourth-order valence-corrected chi connectivity index (χ4v) is 3.32. The first kappa shape index (κ1) is 24.0. The molecule has 0 unspecified atom stereocenters. The number of ether oxygens (including phenoxy) is 2. The van der Waals surface area contributed by atoms with Crippen LogP contribution in [0.5, 0.6) is 17.4 Å². The Hall–Kier alpha value is -3.67. The Balaban J connectivity index is 2.14. The Labute approximate surface area is 186 Å². The number of sulfonamides is 1. The molecule has 0 spiro atoms. The zero-order valence-corrected chi connectivity index (χ0v) is 17.9. The highest BCUT2D eigenvalue weighted by molar-refractivity contribution is 7.89. The Morgan fingerprint density at radius 2 is 1.79 bits per heavy atom. The lowest BCUT2D eigenvalue weighted by atomic mass is 10.0. The van der Waals surface area contributed by atoms with Gasteiger partial charge in [-0.15, -0.1) is 0 Å². The quantitative estimate of drug-likeness (QED) is 0.522. The van der Waals surface area contributed by atoms with Crippen LogP contribution in [0.25, 0.3) is 11.1 Å². The number of alkyl halides is 3.